The molecule has 0 saturated carbocycles. The first kappa shape index (κ1) is 18.5. The van der Waals surface area contributed by atoms with Gasteiger partial charge in [-0.15, -0.1) is 23.1 Å². The van der Waals surface area contributed by atoms with Crippen LogP contribution >= 0.6 is 23.1 Å². The molecule has 1 aromatic heterocycles. The molecule has 1 aromatic carbocycles. The van der Waals surface area contributed by atoms with Gasteiger partial charge in [-0.05, 0) is 46.9 Å². The third-order valence-corrected chi connectivity index (χ3v) is 6.17. The van der Waals surface area contributed by atoms with Crippen LogP contribution < -0.4 is 10.6 Å². The van der Waals surface area contributed by atoms with E-state index < -0.39 is 12.5 Å². The number of hydrogen-bond acceptors (Lipinski definition) is 5. The van der Waals surface area contributed by atoms with Crippen molar-refractivity contribution in [1.29, 1.82) is 0 Å². The fourth-order valence-corrected chi connectivity index (χ4v) is 4.99. The van der Waals surface area contributed by atoms with Gasteiger partial charge in [0.05, 0.1) is 6.42 Å². The van der Waals surface area contributed by atoms with Crippen molar-refractivity contribution < 1.29 is 19.5 Å². The maximum absolute atomic E-state index is 12.6. The summed E-state index contributed by atoms with van der Waals surface area (Å²) in [5.41, 5.74) is 2.53. The second kappa shape index (κ2) is 8.37. The van der Waals surface area contributed by atoms with Crippen molar-refractivity contribution in [3.05, 3.63) is 51.7 Å². The zero-order chi connectivity index (χ0) is 18.5. The van der Waals surface area contributed by atoms with Crippen molar-refractivity contribution in [2.24, 2.45) is 0 Å². The van der Waals surface area contributed by atoms with Crippen molar-refractivity contribution in [2.45, 2.75) is 18.1 Å². The van der Waals surface area contributed by atoms with Gasteiger partial charge in [-0.1, -0.05) is 12.1 Å². The SMILES string of the molecule is O=C(O)CNC(=O)Cc1ccc(NC(=O)C2SCCc3sccc32)cc1. The summed E-state index contributed by atoms with van der Waals surface area (Å²) in [6.45, 7) is -0.392. The van der Waals surface area contributed by atoms with Crippen molar-refractivity contribution in [1.82, 2.24) is 5.32 Å². The van der Waals surface area contributed by atoms with Crippen LogP contribution in [-0.4, -0.2) is 35.2 Å². The number of rotatable bonds is 6. The quantitative estimate of drug-likeness (QED) is 0.704. The van der Waals surface area contributed by atoms with Gasteiger partial charge in [-0.2, -0.15) is 0 Å². The largest absolute Gasteiger partial charge is 0.480 e. The highest BCUT2D eigenvalue weighted by Crippen LogP contribution is 2.39. The molecular weight excluding hydrogens is 372 g/mol. The van der Waals surface area contributed by atoms with E-state index in [9.17, 15) is 14.4 Å². The van der Waals surface area contributed by atoms with E-state index in [0.29, 0.717) is 5.69 Å². The Balaban J connectivity index is 1.57. The predicted molar refractivity (Wildman–Crippen MR) is 103 cm³/mol. The predicted octanol–water partition coefficient (Wildman–Crippen LogP) is 2.46. The lowest BCUT2D eigenvalue weighted by Crippen LogP contribution is -2.30. The number of thiophene rings is 1. The number of carboxylic acids is 1. The van der Waals surface area contributed by atoms with Gasteiger partial charge in [-0.3, -0.25) is 14.4 Å². The van der Waals surface area contributed by atoms with Crippen LogP contribution in [0.1, 0.15) is 21.3 Å². The zero-order valence-corrected chi connectivity index (χ0v) is 15.5. The molecular formula is C18H18N2O4S2. The number of thioether (sulfide) groups is 1. The van der Waals surface area contributed by atoms with Crippen molar-refractivity contribution >= 4 is 46.6 Å². The Kier molecular flexibility index (Phi) is 5.95. The fourth-order valence-electron chi connectivity index (χ4n) is 2.70. The van der Waals surface area contributed by atoms with Gasteiger partial charge in [0, 0.05) is 10.6 Å². The number of amides is 2. The summed E-state index contributed by atoms with van der Waals surface area (Å²) in [7, 11) is 0. The van der Waals surface area contributed by atoms with Crippen LogP contribution in [0.2, 0.25) is 0 Å². The number of fused-ring (bicyclic) bond motifs is 1. The summed E-state index contributed by atoms with van der Waals surface area (Å²) in [6.07, 6.45) is 1.11. The molecule has 136 valence electrons. The van der Waals surface area contributed by atoms with Crippen LogP contribution in [-0.2, 0) is 27.2 Å². The Hall–Kier alpha value is -2.32. The first-order valence-electron chi connectivity index (χ1n) is 8.09. The maximum Gasteiger partial charge on any atom is 0.322 e. The van der Waals surface area contributed by atoms with Gasteiger partial charge < -0.3 is 15.7 Å². The molecule has 0 spiro atoms. The Morgan fingerprint density at radius 1 is 1.15 bits per heavy atom. The second-order valence-electron chi connectivity index (χ2n) is 5.83. The van der Waals surface area contributed by atoms with Gasteiger partial charge in [0.1, 0.15) is 11.8 Å². The van der Waals surface area contributed by atoms with E-state index >= 15 is 0 Å². The van der Waals surface area contributed by atoms with Gasteiger partial charge >= 0.3 is 5.97 Å². The standard InChI is InChI=1S/C18H18N2O4S2/c21-15(19-10-16(22)23)9-11-1-3-12(4-2-11)20-18(24)17-13-5-7-25-14(13)6-8-26-17/h1-5,7,17H,6,8-10H2,(H,19,21)(H,20,24)(H,22,23). The molecule has 2 aromatic rings. The highest BCUT2D eigenvalue weighted by molar-refractivity contribution is 8.00. The van der Waals surface area contributed by atoms with E-state index in [2.05, 4.69) is 10.6 Å². The van der Waals surface area contributed by atoms with Crippen LogP contribution in [0.25, 0.3) is 0 Å². The molecule has 6 nitrogen and oxygen atoms in total. The maximum atomic E-state index is 12.6. The molecule has 0 aliphatic carbocycles. The lowest BCUT2D eigenvalue weighted by atomic mass is 10.1. The Bertz CT molecular complexity index is 817. The number of benzene rings is 1. The highest BCUT2D eigenvalue weighted by Gasteiger charge is 2.28. The third kappa shape index (κ3) is 4.64. The molecule has 0 saturated heterocycles. The number of aryl methyl sites for hydroxylation is 1. The second-order valence-corrected chi connectivity index (χ2v) is 8.05. The minimum atomic E-state index is -1.08. The minimum Gasteiger partial charge on any atom is -0.480 e. The number of carboxylic acid groups (broad SMARTS) is 1. The summed E-state index contributed by atoms with van der Waals surface area (Å²) in [4.78, 5) is 35.9. The number of carbonyl (C=O) groups is 3. The fraction of sp³-hybridized carbons (Fsp3) is 0.278. The first-order valence-corrected chi connectivity index (χ1v) is 10.0. The molecule has 1 aliphatic rings. The molecule has 1 atom stereocenters. The van der Waals surface area contributed by atoms with Crippen LogP contribution in [0, 0.1) is 0 Å². The topological polar surface area (TPSA) is 95.5 Å². The number of nitrogens with one attached hydrogen (secondary N) is 2. The van der Waals surface area contributed by atoms with E-state index in [1.807, 2.05) is 11.4 Å². The molecule has 3 N–H and O–H groups in total. The molecule has 0 radical (unpaired) electrons. The van der Waals surface area contributed by atoms with E-state index in [4.69, 9.17) is 5.11 Å². The van der Waals surface area contributed by atoms with Crippen molar-refractivity contribution in [2.75, 3.05) is 17.6 Å². The van der Waals surface area contributed by atoms with E-state index in [1.165, 1.54) is 4.88 Å². The number of anilines is 1. The first-order chi connectivity index (χ1) is 12.5. The molecule has 1 aliphatic heterocycles. The van der Waals surface area contributed by atoms with Crippen molar-refractivity contribution in [3.8, 4) is 0 Å². The number of aliphatic carboxylic acids is 1. The molecule has 2 amide bonds. The summed E-state index contributed by atoms with van der Waals surface area (Å²) < 4.78 is 0. The molecule has 26 heavy (non-hydrogen) atoms. The average Bonchev–Trinajstić information content (AvgIpc) is 3.10. The highest BCUT2D eigenvalue weighted by atomic mass is 32.2. The molecule has 0 fully saturated rings. The summed E-state index contributed by atoms with van der Waals surface area (Å²) in [6, 6.07) is 9.02. The van der Waals surface area contributed by atoms with Gasteiger partial charge in [0.25, 0.3) is 0 Å². The number of carbonyl (C=O) groups excluding carboxylic acids is 2. The van der Waals surface area contributed by atoms with Gasteiger partial charge in [-0.25, -0.2) is 0 Å². The van der Waals surface area contributed by atoms with Crippen LogP contribution in [0.15, 0.2) is 35.7 Å². The van der Waals surface area contributed by atoms with E-state index in [0.717, 1.165) is 23.3 Å². The summed E-state index contributed by atoms with van der Waals surface area (Å²) in [5, 5.41) is 15.6. The minimum absolute atomic E-state index is 0.0405. The van der Waals surface area contributed by atoms with Crippen LogP contribution in [0.4, 0.5) is 5.69 Å². The van der Waals surface area contributed by atoms with Crippen LogP contribution in [0.5, 0.6) is 0 Å². The van der Waals surface area contributed by atoms with E-state index in [-0.39, 0.29) is 23.5 Å². The van der Waals surface area contributed by atoms with Gasteiger partial charge in [0.15, 0.2) is 0 Å². The number of hydrogen-bond donors (Lipinski definition) is 3. The lowest BCUT2D eigenvalue weighted by Gasteiger charge is -2.21. The lowest BCUT2D eigenvalue weighted by molar-refractivity contribution is -0.137. The van der Waals surface area contributed by atoms with Crippen molar-refractivity contribution in [3.63, 3.8) is 0 Å². The summed E-state index contributed by atoms with van der Waals surface area (Å²) in [5.74, 6) is -0.532. The average molecular weight is 390 g/mol. The molecule has 8 heteroatoms. The van der Waals surface area contributed by atoms with Crippen LogP contribution in [0.3, 0.4) is 0 Å². The smallest absolute Gasteiger partial charge is 0.322 e. The molecule has 2 heterocycles. The normalized spacial score (nSPS) is 15.8. The summed E-state index contributed by atoms with van der Waals surface area (Å²) >= 11 is 3.35. The molecule has 3 rings (SSSR count). The Labute approximate surface area is 159 Å². The third-order valence-electron chi connectivity index (χ3n) is 3.94. The van der Waals surface area contributed by atoms with E-state index in [1.54, 1.807) is 47.4 Å². The molecule has 1 unspecified atom stereocenters. The Morgan fingerprint density at radius 2 is 1.92 bits per heavy atom. The zero-order valence-electron chi connectivity index (χ0n) is 13.9. The van der Waals surface area contributed by atoms with Gasteiger partial charge in [0.2, 0.25) is 11.8 Å². The monoisotopic (exact) mass is 390 g/mol. The molecule has 0 bridgehead atoms. The Morgan fingerprint density at radius 3 is 2.65 bits per heavy atom.